The van der Waals surface area contributed by atoms with E-state index in [2.05, 4.69) is 15.0 Å². The topological polar surface area (TPSA) is 88.4 Å². The minimum Gasteiger partial charge on any atom is -0.345 e. The van der Waals surface area contributed by atoms with Crippen molar-refractivity contribution in [2.75, 3.05) is 37.3 Å². The molecule has 0 spiro atoms. The van der Waals surface area contributed by atoms with Crippen LogP contribution in [0.5, 0.6) is 0 Å². The lowest BCUT2D eigenvalue weighted by molar-refractivity contribution is 0.0734. The number of amides is 1. The average Bonchev–Trinajstić information content (AvgIpc) is 3.29. The summed E-state index contributed by atoms with van der Waals surface area (Å²) in [7, 11) is -3.24. The molecule has 0 N–H and O–H groups in total. The summed E-state index contributed by atoms with van der Waals surface area (Å²) in [5, 5.41) is 5.22. The van der Waals surface area contributed by atoms with E-state index in [4.69, 9.17) is 0 Å². The molecule has 154 valence electrons. The van der Waals surface area contributed by atoms with E-state index in [9.17, 15) is 13.2 Å². The summed E-state index contributed by atoms with van der Waals surface area (Å²) in [5.41, 5.74) is 2.27. The van der Waals surface area contributed by atoms with Gasteiger partial charge in [0.05, 0.1) is 20.8 Å². The Morgan fingerprint density at radius 2 is 1.90 bits per heavy atom. The second-order valence-corrected chi connectivity index (χ2v) is 10.2. The molecule has 1 amide bonds. The van der Waals surface area contributed by atoms with Crippen molar-refractivity contribution in [3.8, 4) is 0 Å². The van der Waals surface area contributed by atoms with Gasteiger partial charge in [-0.25, -0.2) is 13.4 Å². The minimum absolute atomic E-state index is 0.00851. The predicted molar refractivity (Wildman–Crippen MR) is 113 cm³/mol. The molecular formula is C19H23N5O3S2. The number of benzene rings is 1. The van der Waals surface area contributed by atoms with Crippen LogP contribution in [-0.2, 0) is 16.4 Å². The molecule has 3 heterocycles. The zero-order valence-corrected chi connectivity index (χ0v) is 18.3. The Balaban J connectivity index is 1.48. The van der Waals surface area contributed by atoms with E-state index < -0.39 is 9.84 Å². The molecule has 1 saturated heterocycles. The van der Waals surface area contributed by atoms with E-state index in [0.717, 1.165) is 21.0 Å². The fourth-order valence-electron chi connectivity index (χ4n) is 3.48. The van der Waals surface area contributed by atoms with Crippen molar-refractivity contribution in [1.82, 2.24) is 19.7 Å². The van der Waals surface area contributed by atoms with Crippen LogP contribution in [0.2, 0.25) is 0 Å². The van der Waals surface area contributed by atoms with Crippen LogP contribution in [0.3, 0.4) is 0 Å². The average molecular weight is 434 g/mol. The molecule has 8 nitrogen and oxygen atoms in total. The molecule has 2 aromatic heterocycles. The lowest BCUT2D eigenvalue weighted by Crippen LogP contribution is -2.49. The zero-order valence-electron chi connectivity index (χ0n) is 16.6. The number of aromatic nitrogens is 3. The van der Waals surface area contributed by atoms with Crippen molar-refractivity contribution < 1.29 is 13.2 Å². The van der Waals surface area contributed by atoms with Gasteiger partial charge in [0.1, 0.15) is 5.69 Å². The number of hydrogen-bond donors (Lipinski definition) is 0. The second-order valence-electron chi connectivity index (χ2n) is 7.16. The number of carbonyl (C=O) groups excluding carboxylic acids is 1. The lowest BCUT2D eigenvalue weighted by atomic mass is 10.2. The third-order valence-corrected chi connectivity index (χ3v) is 7.22. The van der Waals surface area contributed by atoms with Crippen molar-refractivity contribution in [2.45, 2.75) is 25.3 Å². The van der Waals surface area contributed by atoms with Crippen LogP contribution in [0, 0.1) is 6.92 Å². The molecule has 0 atom stereocenters. The highest BCUT2D eigenvalue weighted by molar-refractivity contribution is 7.90. The summed E-state index contributed by atoms with van der Waals surface area (Å²) >= 11 is 1.48. The van der Waals surface area contributed by atoms with E-state index in [-0.39, 0.29) is 5.91 Å². The molecule has 0 saturated carbocycles. The SMILES string of the molecule is CCn1nc(C)cc1C(=O)N1CCN(c2nc3ccc(S(C)(=O)=O)cc3s2)CC1. The van der Waals surface area contributed by atoms with Gasteiger partial charge in [-0.1, -0.05) is 11.3 Å². The van der Waals surface area contributed by atoms with Gasteiger partial charge in [-0.2, -0.15) is 5.10 Å². The highest BCUT2D eigenvalue weighted by atomic mass is 32.2. The van der Waals surface area contributed by atoms with Crippen LogP contribution in [0.15, 0.2) is 29.2 Å². The second kappa shape index (κ2) is 7.42. The minimum atomic E-state index is -3.24. The maximum absolute atomic E-state index is 12.9. The quantitative estimate of drug-likeness (QED) is 0.627. The molecule has 0 unspecified atom stereocenters. The van der Waals surface area contributed by atoms with Gasteiger partial charge >= 0.3 is 0 Å². The molecule has 4 rings (SSSR count). The Labute approximate surface area is 173 Å². The lowest BCUT2D eigenvalue weighted by Gasteiger charge is -2.34. The summed E-state index contributed by atoms with van der Waals surface area (Å²) in [4.78, 5) is 21.8. The van der Waals surface area contributed by atoms with Gasteiger partial charge in [0, 0.05) is 39.0 Å². The number of hydrogen-bond acceptors (Lipinski definition) is 7. The Morgan fingerprint density at radius 3 is 2.55 bits per heavy atom. The van der Waals surface area contributed by atoms with Crippen molar-refractivity contribution in [1.29, 1.82) is 0 Å². The van der Waals surface area contributed by atoms with Crippen molar-refractivity contribution in [2.24, 2.45) is 0 Å². The maximum atomic E-state index is 12.9. The number of thiazole rings is 1. The summed E-state index contributed by atoms with van der Waals surface area (Å²) in [6, 6.07) is 6.86. The largest absolute Gasteiger partial charge is 0.345 e. The first-order chi connectivity index (χ1) is 13.8. The third kappa shape index (κ3) is 3.86. The highest BCUT2D eigenvalue weighted by Crippen LogP contribution is 2.31. The smallest absolute Gasteiger partial charge is 0.272 e. The molecule has 1 aliphatic rings. The summed E-state index contributed by atoms with van der Waals surface area (Å²) in [6.45, 7) is 7.12. The molecular weight excluding hydrogens is 410 g/mol. The van der Waals surface area contributed by atoms with Gasteiger partial charge < -0.3 is 9.80 Å². The summed E-state index contributed by atoms with van der Waals surface area (Å²) in [6.07, 6.45) is 1.21. The number of nitrogens with zero attached hydrogens (tertiary/aromatic N) is 5. The maximum Gasteiger partial charge on any atom is 0.272 e. The third-order valence-electron chi connectivity index (χ3n) is 5.03. The number of aryl methyl sites for hydroxylation is 2. The number of rotatable bonds is 4. The van der Waals surface area contributed by atoms with Gasteiger partial charge in [0.15, 0.2) is 15.0 Å². The number of fused-ring (bicyclic) bond motifs is 1. The number of sulfone groups is 1. The first-order valence-corrected chi connectivity index (χ1v) is 12.2. The molecule has 29 heavy (non-hydrogen) atoms. The Bertz CT molecular complexity index is 1170. The predicted octanol–water partition coefficient (Wildman–Crippen LogP) is 2.19. The van der Waals surface area contributed by atoms with Crippen LogP contribution in [0.4, 0.5) is 5.13 Å². The Morgan fingerprint density at radius 1 is 1.17 bits per heavy atom. The molecule has 3 aromatic rings. The van der Waals surface area contributed by atoms with Crippen LogP contribution in [-0.4, -0.2) is 66.4 Å². The van der Waals surface area contributed by atoms with E-state index >= 15 is 0 Å². The van der Waals surface area contributed by atoms with Crippen molar-refractivity contribution in [3.63, 3.8) is 0 Å². The van der Waals surface area contributed by atoms with Crippen LogP contribution >= 0.6 is 11.3 Å². The van der Waals surface area contributed by atoms with E-state index in [1.807, 2.05) is 24.8 Å². The van der Waals surface area contributed by atoms with Gasteiger partial charge in [-0.15, -0.1) is 0 Å². The number of piperazine rings is 1. The van der Waals surface area contributed by atoms with Gasteiger partial charge in [-0.3, -0.25) is 9.48 Å². The van der Waals surface area contributed by atoms with E-state index in [1.165, 1.54) is 17.6 Å². The Kier molecular flexibility index (Phi) is 5.07. The zero-order chi connectivity index (χ0) is 20.8. The van der Waals surface area contributed by atoms with Gasteiger partial charge in [0.2, 0.25) is 0 Å². The summed E-state index contributed by atoms with van der Waals surface area (Å²) < 4.78 is 26.2. The van der Waals surface area contributed by atoms with Crippen LogP contribution in [0.25, 0.3) is 10.2 Å². The number of carbonyl (C=O) groups is 1. The van der Waals surface area contributed by atoms with Gasteiger partial charge in [-0.05, 0) is 38.1 Å². The standard InChI is InChI=1S/C19H23N5O3S2/c1-4-24-16(11-13(2)21-24)18(25)22-7-9-23(10-8-22)19-20-15-6-5-14(29(3,26)27)12-17(15)28-19/h5-6,11-12H,4,7-10H2,1-3H3. The first-order valence-electron chi connectivity index (χ1n) is 9.45. The molecule has 0 radical (unpaired) electrons. The van der Waals surface area contributed by atoms with Gasteiger partial charge in [0.25, 0.3) is 5.91 Å². The van der Waals surface area contributed by atoms with Crippen LogP contribution in [0.1, 0.15) is 23.1 Å². The molecule has 0 bridgehead atoms. The molecule has 1 fully saturated rings. The van der Waals surface area contributed by atoms with E-state index in [0.29, 0.717) is 43.3 Å². The molecule has 10 heteroatoms. The fourth-order valence-corrected chi connectivity index (χ4v) is 5.26. The highest BCUT2D eigenvalue weighted by Gasteiger charge is 2.26. The molecule has 0 aliphatic carbocycles. The molecule has 1 aromatic carbocycles. The van der Waals surface area contributed by atoms with Crippen molar-refractivity contribution in [3.05, 3.63) is 35.7 Å². The summed E-state index contributed by atoms with van der Waals surface area (Å²) in [5.74, 6) is 0.00851. The number of anilines is 1. The first kappa shape index (κ1) is 19.8. The normalized spacial score (nSPS) is 15.3. The monoisotopic (exact) mass is 433 g/mol. The Hall–Kier alpha value is -2.46. The van der Waals surface area contributed by atoms with Crippen LogP contribution < -0.4 is 4.90 Å². The fraction of sp³-hybridized carbons (Fsp3) is 0.421. The van der Waals surface area contributed by atoms with E-state index in [1.54, 1.807) is 22.9 Å². The molecule has 1 aliphatic heterocycles. The van der Waals surface area contributed by atoms with Crippen molar-refractivity contribution >= 4 is 42.4 Å².